The van der Waals surface area contributed by atoms with E-state index in [4.69, 9.17) is 18.9 Å². The van der Waals surface area contributed by atoms with Gasteiger partial charge in [0, 0.05) is 32.4 Å². The van der Waals surface area contributed by atoms with Gasteiger partial charge in [-0.05, 0) is 49.1 Å². The molecular weight excluding hydrogens is 533 g/mol. The second kappa shape index (κ2) is 14.3. The first kappa shape index (κ1) is 27.2. The zero-order valence-corrected chi connectivity index (χ0v) is 22.3. The van der Waals surface area contributed by atoms with Crippen LogP contribution in [0.3, 0.4) is 0 Å². The maximum atomic E-state index is 6.00. The summed E-state index contributed by atoms with van der Waals surface area (Å²) in [4.78, 5) is 4.36. The molecule has 1 atom stereocenters. The minimum Gasteiger partial charge on any atom is -0.497 e. The third kappa shape index (κ3) is 8.35. The minimum atomic E-state index is -0.0176. The van der Waals surface area contributed by atoms with Crippen LogP contribution in [0.2, 0.25) is 0 Å². The predicted octanol–water partition coefficient (Wildman–Crippen LogP) is 4.44. The number of hydrogen-bond donors (Lipinski definition) is 2. The molecule has 0 radical (unpaired) electrons. The Morgan fingerprint density at radius 2 is 1.76 bits per heavy atom. The molecule has 0 saturated carbocycles. The number of halogens is 1. The number of rotatable bonds is 9. The Kier molecular flexibility index (Phi) is 11.8. The molecule has 7 nitrogen and oxygen atoms in total. The highest BCUT2D eigenvalue weighted by atomic mass is 127. The quantitative estimate of drug-likeness (QED) is 0.264. The predicted molar refractivity (Wildman–Crippen MR) is 142 cm³/mol. The second-order valence-electron chi connectivity index (χ2n) is 7.84. The summed E-state index contributed by atoms with van der Waals surface area (Å²) in [6.45, 7) is 4.98. The Morgan fingerprint density at radius 1 is 1.06 bits per heavy atom. The van der Waals surface area contributed by atoms with Crippen molar-refractivity contribution in [1.29, 1.82) is 0 Å². The summed E-state index contributed by atoms with van der Waals surface area (Å²) in [5, 5.41) is 6.80. The summed E-state index contributed by atoms with van der Waals surface area (Å²) in [5.41, 5.74) is 3.36. The summed E-state index contributed by atoms with van der Waals surface area (Å²) in [6.07, 6.45) is 2.27. The van der Waals surface area contributed by atoms with Gasteiger partial charge in [-0.25, -0.2) is 0 Å². The van der Waals surface area contributed by atoms with Gasteiger partial charge < -0.3 is 29.6 Å². The summed E-state index contributed by atoms with van der Waals surface area (Å²) >= 11 is 0. The van der Waals surface area contributed by atoms with E-state index >= 15 is 0 Å². The van der Waals surface area contributed by atoms with E-state index in [9.17, 15) is 0 Å². The topological polar surface area (TPSA) is 73.3 Å². The third-order valence-corrected chi connectivity index (χ3v) is 5.62. The number of nitrogens with one attached hydrogen (secondary N) is 2. The normalized spacial score (nSPS) is 15.3. The van der Waals surface area contributed by atoms with Crippen LogP contribution in [-0.4, -0.2) is 46.5 Å². The molecule has 1 unspecified atom stereocenters. The Bertz CT molecular complexity index is 870. The maximum absolute atomic E-state index is 6.00. The monoisotopic (exact) mass is 569 g/mol. The molecule has 0 spiro atoms. The standard InChI is InChI=1S/C25H35N3O4.HI/c1-18(23-15-22(29-3)9-10-24(23)30-4)28-25(26-2)27-16-19-5-7-20(8-6-19)17-32-21-11-13-31-14-12-21;/h5-10,15,18,21H,11-14,16-17H2,1-4H3,(H2,26,27,28);1H. The lowest BCUT2D eigenvalue weighted by molar-refractivity contribution is -0.0390. The lowest BCUT2D eigenvalue weighted by atomic mass is 10.1. The van der Waals surface area contributed by atoms with Crippen molar-refractivity contribution < 1.29 is 18.9 Å². The molecular formula is C25H36IN3O4. The van der Waals surface area contributed by atoms with E-state index in [-0.39, 0.29) is 30.0 Å². The van der Waals surface area contributed by atoms with Gasteiger partial charge in [-0.2, -0.15) is 0 Å². The number of hydrogen-bond acceptors (Lipinski definition) is 5. The minimum absolute atomic E-state index is 0. The number of guanidine groups is 1. The number of ether oxygens (including phenoxy) is 4. The Hall–Kier alpha value is -2.04. The number of benzene rings is 2. The zero-order chi connectivity index (χ0) is 22.8. The van der Waals surface area contributed by atoms with Crippen LogP contribution in [0.25, 0.3) is 0 Å². The van der Waals surface area contributed by atoms with Crippen LogP contribution in [-0.2, 0) is 22.6 Å². The molecule has 0 amide bonds. The molecule has 1 heterocycles. The molecule has 1 saturated heterocycles. The molecule has 0 aromatic heterocycles. The van der Waals surface area contributed by atoms with E-state index in [2.05, 4.69) is 46.8 Å². The molecule has 0 aliphatic carbocycles. The lowest BCUT2D eigenvalue weighted by Crippen LogP contribution is -2.38. The van der Waals surface area contributed by atoms with Crippen molar-refractivity contribution >= 4 is 29.9 Å². The second-order valence-corrected chi connectivity index (χ2v) is 7.84. The van der Waals surface area contributed by atoms with E-state index < -0.39 is 0 Å². The third-order valence-electron chi connectivity index (χ3n) is 5.62. The zero-order valence-electron chi connectivity index (χ0n) is 19.9. The van der Waals surface area contributed by atoms with Crippen molar-refractivity contribution in [3.63, 3.8) is 0 Å². The van der Waals surface area contributed by atoms with Gasteiger partial charge in [-0.15, -0.1) is 24.0 Å². The molecule has 2 aromatic carbocycles. The fourth-order valence-electron chi connectivity index (χ4n) is 3.65. The van der Waals surface area contributed by atoms with Crippen molar-refractivity contribution in [2.45, 2.75) is 45.1 Å². The molecule has 8 heteroatoms. The molecule has 2 N–H and O–H groups in total. The van der Waals surface area contributed by atoms with Crippen molar-refractivity contribution in [2.75, 3.05) is 34.5 Å². The van der Waals surface area contributed by atoms with Crippen LogP contribution in [0.5, 0.6) is 11.5 Å². The van der Waals surface area contributed by atoms with E-state index in [0.717, 1.165) is 43.1 Å². The van der Waals surface area contributed by atoms with Crippen LogP contribution in [0, 0.1) is 0 Å². The van der Waals surface area contributed by atoms with Gasteiger partial charge in [0.25, 0.3) is 0 Å². The van der Waals surface area contributed by atoms with Crippen molar-refractivity contribution in [3.05, 3.63) is 59.2 Å². The first-order valence-corrected chi connectivity index (χ1v) is 11.1. The van der Waals surface area contributed by atoms with Gasteiger partial charge >= 0.3 is 0 Å². The number of aliphatic imine (C=N–C) groups is 1. The van der Waals surface area contributed by atoms with Gasteiger partial charge in [0.1, 0.15) is 11.5 Å². The van der Waals surface area contributed by atoms with Crippen LogP contribution >= 0.6 is 24.0 Å². The molecule has 1 aliphatic rings. The highest BCUT2D eigenvalue weighted by molar-refractivity contribution is 14.0. The highest BCUT2D eigenvalue weighted by Gasteiger charge is 2.15. The summed E-state index contributed by atoms with van der Waals surface area (Å²) in [7, 11) is 5.09. The fraction of sp³-hybridized carbons (Fsp3) is 0.480. The Labute approximate surface area is 214 Å². The fourth-order valence-corrected chi connectivity index (χ4v) is 3.65. The first-order chi connectivity index (χ1) is 15.6. The SMILES string of the molecule is CN=C(NCc1ccc(COC2CCOCC2)cc1)NC(C)c1cc(OC)ccc1OC.I. The van der Waals surface area contributed by atoms with Gasteiger partial charge in [-0.1, -0.05) is 24.3 Å². The van der Waals surface area contributed by atoms with E-state index in [0.29, 0.717) is 25.2 Å². The van der Waals surface area contributed by atoms with Crippen LogP contribution in [0.1, 0.15) is 42.5 Å². The van der Waals surface area contributed by atoms with Gasteiger partial charge in [-0.3, -0.25) is 4.99 Å². The number of nitrogens with zero attached hydrogens (tertiary/aromatic N) is 1. The van der Waals surface area contributed by atoms with Crippen molar-refractivity contribution in [2.24, 2.45) is 4.99 Å². The van der Waals surface area contributed by atoms with Gasteiger partial charge in [0.2, 0.25) is 0 Å². The average molecular weight is 569 g/mol. The number of methoxy groups -OCH3 is 2. The molecule has 2 aromatic rings. The average Bonchev–Trinajstić information content (AvgIpc) is 2.85. The van der Waals surface area contributed by atoms with Gasteiger partial charge in [0.15, 0.2) is 5.96 Å². The summed E-state index contributed by atoms with van der Waals surface area (Å²) in [6, 6.07) is 14.2. The molecule has 33 heavy (non-hydrogen) atoms. The maximum Gasteiger partial charge on any atom is 0.191 e. The van der Waals surface area contributed by atoms with E-state index in [1.165, 1.54) is 11.1 Å². The van der Waals surface area contributed by atoms with Gasteiger partial charge in [0.05, 0.1) is 33.0 Å². The molecule has 182 valence electrons. The molecule has 3 rings (SSSR count). The van der Waals surface area contributed by atoms with Crippen molar-refractivity contribution in [3.8, 4) is 11.5 Å². The lowest BCUT2D eigenvalue weighted by Gasteiger charge is -2.22. The Balaban J connectivity index is 0.00000385. The van der Waals surface area contributed by atoms with Crippen LogP contribution < -0.4 is 20.1 Å². The van der Waals surface area contributed by atoms with Crippen LogP contribution in [0.15, 0.2) is 47.5 Å². The molecule has 1 fully saturated rings. The van der Waals surface area contributed by atoms with E-state index in [1.54, 1.807) is 21.3 Å². The van der Waals surface area contributed by atoms with Crippen LogP contribution in [0.4, 0.5) is 0 Å². The summed E-state index contributed by atoms with van der Waals surface area (Å²) in [5.74, 6) is 2.31. The smallest absolute Gasteiger partial charge is 0.191 e. The largest absolute Gasteiger partial charge is 0.497 e. The first-order valence-electron chi connectivity index (χ1n) is 11.1. The molecule has 1 aliphatic heterocycles. The van der Waals surface area contributed by atoms with Crippen molar-refractivity contribution in [1.82, 2.24) is 10.6 Å². The summed E-state index contributed by atoms with van der Waals surface area (Å²) < 4.78 is 22.2. The van der Waals surface area contributed by atoms with E-state index in [1.807, 2.05) is 18.2 Å². The Morgan fingerprint density at radius 3 is 2.39 bits per heavy atom. The highest BCUT2D eigenvalue weighted by Crippen LogP contribution is 2.29. The molecule has 0 bridgehead atoms.